The predicted molar refractivity (Wildman–Crippen MR) is 65.7 cm³/mol. The maximum Gasteiger partial charge on any atom is 0.102 e. The van der Waals surface area contributed by atoms with Crippen molar-refractivity contribution in [1.29, 1.82) is 10.5 Å². The molecule has 0 aromatic heterocycles. The van der Waals surface area contributed by atoms with Crippen molar-refractivity contribution in [1.82, 2.24) is 0 Å². The van der Waals surface area contributed by atoms with Crippen LogP contribution in [-0.4, -0.2) is 0 Å². The van der Waals surface area contributed by atoms with Gasteiger partial charge in [0.2, 0.25) is 0 Å². The van der Waals surface area contributed by atoms with E-state index in [2.05, 4.69) is 6.07 Å². The first-order chi connectivity index (χ1) is 8.27. The van der Waals surface area contributed by atoms with Gasteiger partial charge in [0, 0.05) is 5.56 Å². The molecule has 0 saturated heterocycles. The second-order valence-electron chi connectivity index (χ2n) is 3.54. The average Bonchev–Trinajstić information content (AvgIpc) is 2.39. The van der Waals surface area contributed by atoms with Crippen LogP contribution in [0.5, 0.6) is 0 Å². The summed E-state index contributed by atoms with van der Waals surface area (Å²) in [5, 5.41) is 18.0. The molecule has 0 saturated carbocycles. The lowest BCUT2D eigenvalue weighted by Crippen LogP contribution is -1.97. The molecule has 3 heteroatoms. The summed E-state index contributed by atoms with van der Waals surface area (Å²) >= 11 is 0. The normalized spacial score (nSPS) is 9.29. The highest BCUT2D eigenvalue weighted by molar-refractivity contribution is 5.79. The van der Waals surface area contributed by atoms with E-state index in [1.807, 2.05) is 36.4 Å². The van der Waals surface area contributed by atoms with Gasteiger partial charge in [-0.15, -0.1) is 0 Å². The van der Waals surface area contributed by atoms with Crippen LogP contribution in [0.4, 0.5) is 5.69 Å². The fourth-order valence-corrected chi connectivity index (χ4v) is 1.70. The first kappa shape index (κ1) is 10.7. The molecule has 0 aliphatic heterocycles. The van der Waals surface area contributed by atoms with Gasteiger partial charge >= 0.3 is 0 Å². The molecule has 2 aromatic rings. The van der Waals surface area contributed by atoms with Crippen molar-refractivity contribution in [2.45, 2.75) is 0 Å². The van der Waals surface area contributed by atoms with Crippen LogP contribution in [0, 0.1) is 22.7 Å². The Kier molecular flexibility index (Phi) is 2.77. The van der Waals surface area contributed by atoms with Crippen molar-refractivity contribution in [3.05, 3.63) is 53.6 Å². The predicted octanol–water partition coefficient (Wildman–Crippen LogP) is 2.68. The zero-order valence-electron chi connectivity index (χ0n) is 9.01. The molecule has 2 rings (SSSR count). The number of rotatable bonds is 1. The van der Waals surface area contributed by atoms with Crippen LogP contribution < -0.4 is 5.73 Å². The molecular formula is C14H9N3. The molecule has 2 aromatic carbocycles. The maximum atomic E-state index is 9.14. The van der Waals surface area contributed by atoms with Gasteiger partial charge in [-0.25, -0.2) is 0 Å². The lowest BCUT2D eigenvalue weighted by atomic mass is 9.96. The number of anilines is 1. The molecule has 0 atom stereocenters. The van der Waals surface area contributed by atoms with Gasteiger partial charge in [0.1, 0.15) is 12.1 Å². The summed E-state index contributed by atoms with van der Waals surface area (Å²) in [5.74, 6) is 0. The summed E-state index contributed by atoms with van der Waals surface area (Å²) in [6, 6.07) is 16.9. The van der Waals surface area contributed by atoms with Crippen molar-refractivity contribution < 1.29 is 0 Å². The lowest BCUT2D eigenvalue weighted by Gasteiger charge is -2.07. The lowest BCUT2D eigenvalue weighted by molar-refractivity contribution is 1.44. The fraction of sp³-hybridized carbons (Fsp3) is 0. The average molecular weight is 219 g/mol. The van der Waals surface area contributed by atoms with Crippen LogP contribution in [0.1, 0.15) is 11.1 Å². The molecule has 0 amide bonds. The van der Waals surface area contributed by atoms with Gasteiger partial charge in [-0.3, -0.25) is 0 Å². The van der Waals surface area contributed by atoms with Crippen LogP contribution in [-0.2, 0) is 0 Å². The van der Waals surface area contributed by atoms with Gasteiger partial charge in [0.05, 0.1) is 16.8 Å². The molecule has 80 valence electrons. The summed E-state index contributed by atoms with van der Waals surface area (Å²) in [4.78, 5) is 0. The molecular weight excluding hydrogens is 210 g/mol. The second kappa shape index (κ2) is 4.38. The number of nitrogens with zero attached hydrogens (tertiary/aromatic N) is 2. The fourth-order valence-electron chi connectivity index (χ4n) is 1.70. The highest BCUT2D eigenvalue weighted by Crippen LogP contribution is 2.29. The van der Waals surface area contributed by atoms with E-state index < -0.39 is 0 Å². The van der Waals surface area contributed by atoms with Gasteiger partial charge in [0.15, 0.2) is 0 Å². The van der Waals surface area contributed by atoms with E-state index in [9.17, 15) is 0 Å². The van der Waals surface area contributed by atoms with E-state index in [4.69, 9.17) is 16.3 Å². The molecule has 0 spiro atoms. The summed E-state index contributed by atoms with van der Waals surface area (Å²) in [7, 11) is 0. The number of hydrogen-bond donors (Lipinski definition) is 1. The van der Waals surface area contributed by atoms with Crippen LogP contribution in [0.15, 0.2) is 42.5 Å². The second-order valence-corrected chi connectivity index (χ2v) is 3.54. The Bertz CT molecular complexity index is 631. The molecule has 0 aliphatic rings. The smallest absolute Gasteiger partial charge is 0.102 e. The molecule has 0 unspecified atom stereocenters. The third-order valence-corrected chi connectivity index (χ3v) is 2.56. The van der Waals surface area contributed by atoms with E-state index in [-0.39, 0.29) is 5.69 Å². The number of nitriles is 2. The van der Waals surface area contributed by atoms with Crippen LogP contribution >= 0.6 is 0 Å². The summed E-state index contributed by atoms with van der Waals surface area (Å²) in [6.07, 6.45) is 0. The highest BCUT2D eigenvalue weighted by atomic mass is 14.6. The first-order valence-corrected chi connectivity index (χ1v) is 5.06. The Morgan fingerprint density at radius 2 is 1.59 bits per heavy atom. The Hall–Kier alpha value is -2.78. The molecule has 3 nitrogen and oxygen atoms in total. The summed E-state index contributed by atoms with van der Waals surface area (Å²) < 4.78 is 0. The van der Waals surface area contributed by atoms with Crippen LogP contribution in [0.3, 0.4) is 0 Å². The zero-order valence-corrected chi connectivity index (χ0v) is 9.01. The summed E-state index contributed by atoms with van der Waals surface area (Å²) in [6.45, 7) is 0. The Morgan fingerprint density at radius 1 is 0.882 bits per heavy atom. The van der Waals surface area contributed by atoms with Crippen molar-refractivity contribution in [2.75, 3.05) is 5.73 Å². The minimum absolute atomic E-state index is 0.247. The largest absolute Gasteiger partial charge is 0.397 e. The van der Waals surface area contributed by atoms with Crippen molar-refractivity contribution in [3.63, 3.8) is 0 Å². The van der Waals surface area contributed by atoms with E-state index in [1.54, 1.807) is 12.1 Å². The van der Waals surface area contributed by atoms with Gasteiger partial charge in [-0.05, 0) is 11.6 Å². The van der Waals surface area contributed by atoms with Crippen molar-refractivity contribution in [3.8, 4) is 23.3 Å². The summed E-state index contributed by atoms with van der Waals surface area (Å²) in [5.41, 5.74) is 8.41. The van der Waals surface area contributed by atoms with Gasteiger partial charge in [0.25, 0.3) is 0 Å². The minimum atomic E-state index is 0.247. The Morgan fingerprint density at radius 3 is 2.18 bits per heavy atom. The standard InChI is InChI=1S/C14H9N3/c15-8-11-6-7-12(13(9-16)14(11)17)10-4-2-1-3-5-10/h1-7H,17H2. The van der Waals surface area contributed by atoms with E-state index in [0.29, 0.717) is 11.1 Å². The molecule has 0 bridgehead atoms. The number of hydrogen-bond acceptors (Lipinski definition) is 3. The molecule has 0 fully saturated rings. The van der Waals surface area contributed by atoms with E-state index >= 15 is 0 Å². The van der Waals surface area contributed by atoms with E-state index in [1.165, 1.54) is 0 Å². The van der Waals surface area contributed by atoms with Crippen LogP contribution in [0.25, 0.3) is 11.1 Å². The molecule has 0 aliphatic carbocycles. The monoisotopic (exact) mass is 219 g/mol. The maximum absolute atomic E-state index is 9.14. The highest BCUT2D eigenvalue weighted by Gasteiger charge is 2.11. The van der Waals surface area contributed by atoms with Gasteiger partial charge in [-0.1, -0.05) is 36.4 Å². The first-order valence-electron chi connectivity index (χ1n) is 5.06. The Balaban J connectivity index is 2.70. The third-order valence-electron chi connectivity index (χ3n) is 2.56. The molecule has 2 N–H and O–H groups in total. The third kappa shape index (κ3) is 1.82. The minimum Gasteiger partial charge on any atom is -0.397 e. The molecule has 17 heavy (non-hydrogen) atoms. The number of nitrogens with two attached hydrogens (primary N) is 1. The van der Waals surface area contributed by atoms with Gasteiger partial charge < -0.3 is 5.73 Å². The Labute approximate surface area is 99.3 Å². The van der Waals surface area contributed by atoms with E-state index in [0.717, 1.165) is 11.1 Å². The zero-order chi connectivity index (χ0) is 12.3. The topological polar surface area (TPSA) is 73.6 Å². The van der Waals surface area contributed by atoms with Gasteiger partial charge in [-0.2, -0.15) is 10.5 Å². The van der Waals surface area contributed by atoms with Crippen molar-refractivity contribution in [2.24, 2.45) is 0 Å². The van der Waals surface area contributed by atoms with Crippen molar-refractivity contribution >= 4 is 5.69 Å². The SMILES string of the molecule is N#Cc1ccc(-c2ccccc2)c(C#N)c1N. The molecule has 0 radical (unpaired) electrons. The molecule has 0 heterocycles. The number of nitrogen functional groups attached to an aromatic ring is 1. The van der Waals surface area contributed by atoms with Crippen LogP contribution in [0.2, 0.25) is 0 Å². The quantitative estimate of drug-likeness (QED) is 0.749. The number of benzene rings is 2.